The largest absolute Gasteiger partial charge is 0.493 e. The number of nitrogens with two attached hydrogens (primary N) is 1. The number of thiazole rings is 1. The smallest absolute Gasteiger partial charge is 0.162 e. The fraction of sp³-hybridized carbons (Fsp3) is 0.400. The van der Waals surface area contributed by atoms with Crippen molar-refractivity contribution in [3.8, 4) is 11.5 Å². The van der Waals surface area contributed by atoms with Crippen LogP contribution in [0.15, 0.2) is 23.6 Å². The van der Waals surface area contributed by atoms with Crippen molar-refractivity contribution in [1.82, 2.24) is 4.98 Å². The van der Waals surface area contributed by atoms with E-state index in [4.69, 9.17) is 15.2 Å². The molecule has 0 radical (unpaired) electrons. The van der Waals surface area contributed by atoms with E-state index < -0.39 is 0 Å². The summed E-state index contributed by atoms with van der Waals surface area (Å²) in [6, 6.07) is 5.91. The Labute approximate surface area is 123 Å². The zero-order valence-electron chi connectivity index (χ0n) is 11.9. The van der Waals surface area contributed by atoms with Gasteiger partial charge in [-0.15, -0.1) is 11.3 Å². The zero-order valence-corrected chi connectivity index (χ0v) is 12.7. The molecule has 2 aromatic rings. The van der Waals surface area contributed by atoms with Crippen molar-refractivity contribution in [3.63, 3.8) is 0 Å². The highest BCUT2D eigenvalue weighted by molar-refractivity contribution is 7.09. The van der Waals surface area contributed by atoms with Crippen LogP contribution < -0.4 is 15.2 Å². The van der Waals surface area contributed by atoms with E-state index in [1.54, 1.807) is 18.4 Å². The SMILES string of the molecule is CCc1nc(COc2cc(CCN)ccc2OC)cs1. The van der Waals surface area contributed by atoms with Gasteiger partial charge in [0.25, 0.3) is 0 Å². The summed E-state index contributed by atoms with van der Waals surface area (Å²) in [6.07, 6.45) is 1.79. The van der Waals surface area contributed by atoms with E-state index in [1.165, 1.54) is 0 Å². The summed E-state index contributed by atoms with van der Waals surface area (Å²) in [5.41, 5.74) is 7.69. The second-order valence-electron chi connectivity index (χ2n) is 4.40. The molecule has 0 bridgehead atoms. The molecule has 0 saturated carbocycles. The first kappa shape index (κ1) is 14.8. The lowest BCUT2D eigenvalue weighted by Gasteiger charge is -2.11. The van der Waals surface area contributed by atoms with Crippen LogP contribution in [0.1, 0.15) is 23.2 Å². The fourth-order valence-electron chi connectivity index (χ4n) is 1.89. The molecule has 0 aliphatic carbocycles. The molecule has 2 rings (SSSR count). The molecule has 4 nitrogen and oxygen atoms in total. The summed E-state index contributed by atoms with van der Waals surface area (Å²) >= 11 is 1.67. The summed E-state index contributed by atoms with van der Waals surface area (Å²) in [7, 11) is 1.64. The predicted molar refractivity (Wildman–Crippen MR) is 81.6 cm³/mol. The van der Waals surface area contributed by atoms with E-state index in [2.05, 4.69) is 11.9 Å². The summed E-state index contributed by atoms with van der Waals surface area (Å²) in [5, 5.41) is 3.17. The van der Waals surface area contributed by atoms with Crippen LogP contribution in [0.2, 0.25) is 0 Å². The van der Waals surface area contributed by atoms with Gasteiger partial charge in [-0.25, -0.2) is 4.98 Å². The van der Waals surface area contributed by atoms with Crippen LogP contribution in [0.25, 0.3) is 0 Å². The molecule has 20 heavy (non-hydrogen) atoms. The van der Waals surface area contributed by atoms with Crippen molar-refractivity contribution in [2.24, 2.45) is 5.73 Å². The van der Waals surface area contributed by atoms with E-state index in [0.717, 1.165) is 40.6 Å². The number of ether oxygens (including phenoxy) is 2. The lowest BCUT2D eigenvalue weighted by Crippen LogP contribution is -2.04. The van der Waals surface area contributed by atoms with Crippen LogP contribution in [0, 0.1) is 0 Å². The van der Waals surface area contributed by atoms with E-state index >= 15 is 0 Å². The number of hydrogen-bond acceptors (Lipinski definition) is 5. The van der Waals surface area contributed by atoms with Gasteiger partial charge in [0.15, 0.2) is 11.5 Å². The Morgan fingerprint density at radius 3 is 2.80 bits per heavy atom. The summed E-state index contributed by atoms with van der Waals surface area (Å²) in [4.78, 5) is 4.49. The van der Waals surface area contributed by atoms with Gasteiger partial charge in [-0.2, -0.15) is 0 Å². The molecule has 0 spiro atoms. The molecule has 1 heterocycles. The third-order valence-electron chi connectivity index (χ3n) is 2.94. The molecule has 0 unspecified atom stereocenters. The molecule has 0 fully saturated rings. The summed E-state index contributed by atoms with van der Waals surface area (Å²) < 4.78 is 11.2. The van der Waals surface area contributed by atoms with E-state index in [-0.39, 0.29) is 0 Å². The normalized spacial score (nSPS) is 10.6. The molecule has 0 saturated heterocycles. The minimum absolute atomic E-state index is 0.457. The number of nitrogens with zero attached hydrogens (tertiary/aromatic N) is 1. The fourth-order valence-corrected chi connectivity index (χ4v) is 2.61. The van der Waals surface area contributed by atoms with Crippen molar-refractivity contribution < 1.29 is 9.47 Å². The second-order valence-corrected chi connectivity index (χ2v) is 5.34. The molecule has 1 aromatic heterocycles. The van der Waals surface area contributed by atoms with Crippen molar-refractivity contribution in [3.05, 3.63) is 39.8 Å². The Hall–Kier alpha value is -1.59. The maximum atomic E-state index is 5.84. The Morgan fingerprint density at radius 2 is 2.15 bits per heavy atom. The molecule has 1 aromatic carbocycles. The van der Waals surface area contributed by atoms with Gasteiger partial charge in [0.1, 0.15) is 6.61 Å². The number of rotatable bonds is 7. The average molecular weight is 292 g/mol. The molecule has 0 atom stereocenters. The standard InChI is InChI=1S/C15H20N2O2S/c1-3-15-17-12(10-20-15)9-19-14-8-11(6-7-16)4-5-13(14)18-2/h4-5,8,10H,3,6-7,9,16H2,1-2H3. The number of methoxy groups -OCH3 is 1. The maximum Gasteiger partial charge on any atom is 0.162 e. The molecule has 0 aliphatic rings. The minimum atomic E-state index is 0.457. The quantitative estimate of drug-likeness (QED) is 0.852. The zero-order chi connectivity index (χ0) is 14.4. The Kier molecular flexibility index (Phi) is 5.38. The van der Waals surface area contributed by atoms with E-state index in [0.29, 0.717) is 13.2 Å². The lowest BCUT2D eigenvalue weighted by atomic mass is 10.1. The van der Waals surface area contributed by atoms with Crippen LogP contribution in [-0.2, 0) is 19.4 Å². The van der Waals surface area contributed by atoms with Crippen molar-refractivity contribution in [1.29, 1.82) is 0 Å². The molecule has 108 valence electrons. The van der Waals surface area contributed by atoms with Crippen LogP contribution in [0.3, 0.4) is 0 Å². The van der Waals surface area contributed by atoms with Gasteiger partial charge in [0, 0.05) is 5.38 Å². The Balaban J connectivity index is 2.08. The number of aryl methyl sites for hydroxylation is 1. The van der Waals surface area contributed by atoms with Crippen molar-refractivity contribution >= 4 is 11.3 Å². The average Bonchev–Trinajstić information content (AvgIpc) is 2.93. The van der Waals surface area contributed by atoms with Crippen LogP contribution in [0.4, 0.5) is 0 Å². The van der Waals surface area contributed by atoms with Crippen LogP contribution >= 0.6 is 11.3 Å². The lowest BCUT2D eigenvalue weighted by molar-refractivity contribution is 0.281. The molecular weight excluding hydrogens is 272 g/mol. The first-order valence-electron chi connectivity index (χ1n) is 6.69. The summed E-state index contributed by atoms with van der Waals surface area (Å²) in [5.74, 6) is 1.47. The van der Waals surface area contributed by atoms with Gasteiger partial charge in [0.2, 0.25) is 0 Å². The van der Waals surface area contributed by atoms with Gasteiger partial charge in [-0.1, -0.05) is 13.0 Å². The maximum absolute atomic E-state index is 5.84. The Bertz CT molecular complexity index is 555. The molecule has 0 aliphatic heterocycles. The third-order valence-corrected chi connectivity index (χ3v) is 3.98. The van der Waals surface area contributed by atoms with Crippen LogP contribution in [-0.4, -0.2) is 18.6 Å². The summed E-state index contributed by atoms with van der Waals surface area (Å²) in [6.45, 7) is 3.18. The third kappa shape index (κ3) is 3.71. The van der Waals surface area contributed by atoms with Gasteiger partial charge >= 0.3 is 0 Å². The van der Waals surface area contributed by atoms with E-state index in [9.17, 15) is 0 Å². The number of aromatic nitrogens is 1. The van der Waals surface area contributed by atoms with Gasteiger partial charge in [-0.05, 0) is 37.1 Å². The minimum Gasteiger partial charge on any atom is -0.493 e. The first-order valence-corrected chi connectivity index (χ1v) is 7.57. The molecule has 2 N–H and O–H groups in total. The molecule has 0 amide bonds. The second kappa shape index (κ2) is 7.26. The van der Waals surface area contributed by atoms with Crippen molar-refractivity contribution in [2.75, 3.05) is 13.7 Å². The monoisotopic (exact) mass is 292 g/mol. The topological polar surface area (TPSA) is 57.4 Å². The highest BCUT2D eigenvalue weighted by atomic mass is 32.1. The number of hydrogen-bond donors (Lipinski definition) is 1. The van der Waals surface area contributed by atoms with Gasteiger partial charge in [-0.3, -0.25) is 0 Å². The molecular formula is C15H20N2O2S. The van der Waals surface area contributed by atoms with Gasteiger partial charge < -0.3 is 15.2 Å². The van der Waals surface area contributed by atoms with Crippen molar-refractivity contribution in [2.45, 2.75) is 26.4 Å². The Morgan fingerprint density at radius 1 is 1.30 bits per heavy atom. The number of benzene rings is 1. The highest BCUT2D eigenvalue weighted by Crippen LogP contribution is 2.29. The predicted octanol–water partition coefficient (Wildman–Crippen LogP) is 2.79. The van der Waals surface area contributed by atoms with Gasteiger partial charge in [0.05, 0.1) is 17.8 Å². The highest BCUT2D eigenvalue weighted by Gasteiger charge is 2.07. The molecule has 5 heteroatoms. The van der Waals surface area contributed by atoms with Crippen LogP contribution in [0.5, 0.6) is 11.5 Å². The van der Waals surface area contributed by atoms with E-state index in [1.807, 2.05) is 23.6 Å². The first-order chi connectivity index (χ1) is 9.76.